The maximum atomic E-state index is 14.5. The molecular weight excluding hydrogens is 432 g/mol. The van der Waals surface area contributed by atoms with Crippen molar-refractivity contribution in [1.29, 1.82) is 5.26 Å². The van der Waals surface area contributed by atoms with Crippen molar-refractivity contribution in [3.8, 4) is 34.8 Å². The first kappa shape index (κ1) is 22.8. The molecule has 0 radical (unpaired) electrons. The highest BCUT2D eigenvalue weighted by Gasteiger charge is 2.21. The van der Waals surface area contributed by atoms with E-state index in [9.17, 15) is 26.3 Å². The van der Waals surface area contributed by atoms with Crippen LogP contribution in [0, 0.1) is 58.1 Å². The lowest BCUT2D eigenvalue weighted by Crippen LogP contribution is -2.00. The molecule has 0 spiro atoms. The van der Waals surface area contributed by atoms with Crippen molar-refractivity contribution in [1.82, 2.24) is 0 Å². The third-order valence-electron chi connectivity index (χ3n) is 4.35. The van der Waals surface area contributed by atoms with Gasteiger partial charge in [0, 0.05) is 28.8 Å². The highest BCUT2D eigenvalue weighted by atomic mass is 19.2. The minimum Gasteiger partial charge on any atom is -0.493 e. The Balaban J connectivity index is 1.95. The zero-order valence-electron chi connectivity index (χ0n) is 16.5. The zero-order chi connectivity index (χ0) is 23.4. The molecule has 32 heavy (non-hydrogen) atoms. The van der Waals surface area contributed by atoms with E-state index in [4.69, 9.17) is 10.00 Å². The van der Waals surface area contributed by atoms with E-state index in [-0.39, 0.29) is 17.9 Å². The van der Waals surface area contributed by atoms with Crippen molar-refractivity contribution in [2.24, 2.45) is 0 Å². The minimum absolute atomic E-state index is 0.00621. The average molecular weight is 445 g/mol. The van der Waals surface area contributed by atoms with Crippen molar-refractivity contribution in [3.63, 3.8) is 0 Å². The van der Waals surface area contributed by atoms with E-state index in [2.05, 4.69) is 11.8 Å². The SMILES string of the molecule is CCCOc1cc(F)c(C#Cc2ccc(-c3cc(F)c(C#N)c(F)c3F)c(F)c2)c(F)c1. The Bertz CT molecular complexity index is 1280. The number of rotatable bonds is 4. The molecule has 3 aromatic rings. The fraction of sp³-hybridized carbons (Fsp3) is 0.125. The van der Waals surface area contributed by atoms with E-state index in [0.29, 0.717) is 12.5 Å². The Hall–Kier alpha value is -3.91. The van der Waals surface area contributed by atoms with Crippen molar-refractivity contribution in [2.75, 3.05) is 6.61 Å². The molecule has 2 nitrogen and oxygen atoms in total. The van der Waals surface area contributed by atoms with Gasteiger partial charge in [0.2, 0.25) is 0 Å². The molecule has 0 aliphatic carbocycles. The first-order valence-electron chi connectivity index (χ1n) is 9.28. The van der Waals surface area contributed by atoms with Gasteiger partial charge >= 0.3 is 0 Å². The minimum atomic E-state index is -1.73. The van der Waals surface area contributed by atoms with E-state index >= 15 is 0 Å². The largest absolute Gasteiger partial charge is 0.493 e. The van der Waals surface area contributed by atoms with Gasteiger partial charge in [-0.3, -0.25) is 0 Å². The summed E-state index contributed by atoms with van der Waals surface area (Å²) in [5.74, 6) is -3.03. The van der Waals surface area contributed by atoms with Crippen molar-refractivity contribution < 1.29 is 31.1 Å². The van der Waals surface area contributed by atoms with Gasteiger partial charge in [-0.15, -0.1) is 0 Å². The first-order chi connectivity index (χ1) is 15.3. The highest BCUT2D eigenvalue weighted by molar-refractivity contribution is 5.67. The molecule has 0 aromatic heterocycles. The monoisotopic (exact) mass is 445 g/mol. The van der Waals surface area contributed by atoms with Crippen molar-refractivity contribution >= 4 is 0 Å². The third kappa shape index (κ3) is 4.55. The van der Waals surface area contributed by atoms with E-state index in [1.54, 1.807) is 0 Å². The Kier molecular flexibility index (Phi) is 6.75. The smallest absolute Gasteiger partial charge is 0.180 e. The van der Waals surface area contributed by atoms with Gasteiger partial charge in [0.05, 0.1) is 12.2 Å². The molecule has 8 heteroatoms. The van der Waals surface area contributed by atoms with Crippen LogP contribution in [-0.4, -0.2) is 6.61 Å². The molecule has 0 saturated carbocycles. The fourth-order valence-electron chi connectivity index (χ4n) is 2.81. The molecule has 0 fully saturated rings. The first-order valence-corrected chi connectivity index (χ1v) is 9.28. The van der Waals surface area contributed by atoms with Crippen LogP contribution in [-0.2, 0) is 0 Å². The van der Waals surface area contributed by atoms with E-state index < -0.39 is 57.2 Å². The molecule has 3 rings (SSSR count). The molecule has 0 bridgehead atoms. The van der Waals surface area contributed by atoms with Crippen LogP contribution in [0.1, 0.15) is 30.0 Å². The second-order valence-corrected chi connectivity index (χ2v) is 6.58. The highest BCUT2D eigenvalue weighted by Crippen LogP contribution is 2.30. The Morgan fingerprint density at radius 1 is 0.750 bits per heavy atom. The molecule has 0 atom stereocenters. The zero-order valence-corrected chi connectivity index (χ0v) is 16.5. The number of benzene rings is 3. The lowest BCUT2D eigenvalue weighted by atomic mass is 10.00. The maximum absolute atomic E-state index is 14.5. The summed E-state index contributed by atoms with van der Waals surface area (Å²) in [5, 5.41) is 8.68. The van der Waals surface area contributed by atoms with Gasteiger partial charge in [0.15, 0.2) is 11.6 Å². The van der Waals surface area contributed by atoms with Crippen LogP contribution in [0.15, 0.2) is 36.4 Å². The van der Waals surface area contributed by atoms with Crippen LogP contribution in [0.25, 0.3) is 11.1 Å². The summed E-state index contributed by atoms with van der Waals surface area (Å²) in [6.45, 7) is 2.11. The van der Waals surface area contributed by atoms with Crippen LogP contribution < -0.4 is 4.74 Å². The predicted octanol–water partition coefficient (Wildman–Crippen LogP) is 6.25. The molecule has 3 aromatic carbocycles. The Labute approximate surface area is 179 Å². The number of hydrogen-bond donors (Lipinski definition) is 0. The molecular formula is C24H13F6NO. The number of nitriles is 1. The van der Waals surface area contributed by atoms with E-state index in [1.807, 2.05) is 6.92 Å². The van der Waals surface area contributed by atoms with Crippen molar-refractivity contribution in [2.45, 2.75) is 13.3 Å². The summed E-state index contributed by atoms with van der Waals surface area (Å²) in [7, 11) is 0. The van der Waals surface area contributed by atoms with Crippen molar-refractivity contribution in [3.05, 3.63) is 88.0 Å². The van der Waals surface area contributed by atoms with Gasteiger partial charge in [-0.25, -0.2) is 26.3 Å². The van der Waals surface area contributed by atoms with Crippen LogP contribution >= 0.6 is 0 Å². The van der Waals surface area contributed by atoms with Gasteiger partial charge in [0.25, 0.3) is 0 Å². The van der Waals surface area contributed by atoms with Gasteiger partial charge in [-0.1, -0.05) is 24.8 Å². The van der Waals surface area contributed by atoms with Crippen LogP contribution in [0.4, 0.5) is 26.3 Å². The topological polar surface area (TPSA) is 33.0 Å². The summed E-state index contributed by atoms with van der Waals surface area (Å²) in [6, 6.07) is 6.67. The number of halogens is 6. The molecule has 0 aliphatic heterocycles. The summed E-state index contributed by atoms with van der Waals surface area (Å²) < 4.78 is 89.8. The predicted molar refractivity (Wildman–Crippen MR) is 105 cm³/mol. The second-order valence-electron chi connectivity index (χ2n) is 6.58. The lowest BCUT2D eigenvalue weighted by Gasteiger charge is -2.08. The summed E-state index contributed by atoms with van der Waals surface area (Å²) in [6.07, 6.45) is 0.651. The number of hydrogen-bond acceptors (Lipinski definition) is 2. The molecule has 0 heterocycles. The van der Waals surface area contributed by atoms with Crippen LogP contribution in [0.2, 0.25) is 0 Å². The van der Waals surface area contributed by atoms with Gasteiger partial charge in [-0.05, 0) is 24.6 Å². The number of nitrogens with zero attached hydrogens (tertiary/aromatic N) is 1. The third-order valence-corrected chi connectivity index (χ3v) is 4.35. The lowest BCUT2D eigenvalue weighted by molar-refractivity contribution is 0.313. The van der Waals surface area contributed by atoms with Crippen LogP contribution in [0.3, 0.4) is 0 Å². The molecule has 0 saturated heterocycles. The van der Waals surface area contributed by atoms with Gasteiger partial charge in [0.1, 0.15) is 40.7 Å². The quantitative estimate of drug-likeness (QED) is 0.270. The average Bonchev–Trinajstić information content (AvgIpc) is 2.75. The fourth-order valence-corrected chi connectivity index (χ4v) is 2.81. The number of ether oxygens (including phenoxy) is 1. The van der Waals surface area contributed by atoms with Gasteiger partial charge < -0.3 is 4.74 Å². The Morgan fingerprint density at radius 3 is 2.00 bits per heavy atom. The normalized spacial score (nSPS) is 10.3. The molecule has 0 amide bonds. The standard InChI is InChI=1S/C24H13F6NO/c1-2-7-32-14-9-20(26)16(21(27)10-14)6-4-13-3-5-15(19(25)8-13)17-11-22(28)18(12-31)24(30)23(17)29/h3,5,8-11H,2,7H2,1H3. The maximum Gasteiger partial charge on any atom is 0.180 e. The summed E-state index contributed by atoms with van der Waals surface area (Å²) in [5.41, 5.74) is -2.91. The summed E-state index contributed by atoms with van der Waals surface area (Å²) in [4.78, 5) is 0. The van der Waals surface area contributed by atoms with Crippen LogP contribution in [0.5, 0.6) is 5.75 Å². The molecule has 162 valence electrons. The van der Waals surface area contributed by atoms with E-state index in [0.717, 1.165) is 24.3 Å². The molecule has 0 unspecified atom stereocenters. The second kappa shape index (κ2) is 9.49. The molecule has 0 N–H and O–H groups in total. The van der Waals surface area contributed by atoms with E-state index in [1.165, 1.54) is 12.1 Å². The summed E-state index contributed by atoms with van der Waals surface area (Å²) >= 11 is 0. The van der Waals surface area contributed by atoms with Gasteiger partial charge in [-0.2, -0.15) is 5.26 Å². The molecule has 0 aliphatic rings. The Morgan fingerprint density at radius 2 is 1.41 bits per heavy atom.